The standard InChI is InChI=1S/C12H24N2O3S/c1-10(4-3-5-11(2)13)12(15)14-6-8-18(16,17)9-7-14/h10-11H,3-9,13H2,1-2H3. The van der Waals surface area contributed by atoms with E-state index < -0.39 is 9.84 Å². The molecule has 0 spiro atoms. The Balaban J connectivity index is 2.35. The summed E-state index contributed by atoms with van der Waals surface area (Å²) >= 11 is 0. The Morgan fingerprint density at radius 2 is 1.78 bits per heavy atom. The average molecular weight is 276 g/mol. The van der Waals surface area contributed by atoms with Crippen molar-refractivity contribution in [3.8, 4) is 0 Å². The Morgan fingerprint density at radius 1 is 1.22 bits per heavy atom. The van der Waals surface area contributed by atoms with Gasteiger partial charge in [0.1, 0.15) is 0 Å². The molecule has 1 fully saturated rings. The molecule has 1 saturated heterocycles. The zero-order valence-corrected chi connectivity index (χ0v) is 12.1. The first-order chi connectivity index (χ1) is 8.32. The summed E-state index contributed by atoms with van der Waals surface area (Å²) in [4.78, 5) is 13.8. The first-order valence-electron chi connectivity index (χ1n) is 6.56. The van der Waals surface area contributed by atoms with Gasteiger partial charge in [-0.2, -0.15) is 0 Å². The van der Waals surface area contributed by atoms with E-state index in [1.165, 1.54) is 0 Å². The van der Waals surface area contributed by atoms with Crippen LogP contribution in [0.3, 0.4) is 0 Å². The number of amides is 1. The third-order valence-electron chi connectivity index (χ3n) is 3.37. The monoisotopic (exact) mass is 276 g/mol. The molecule has 1 rings (SSSR count). The van der Waals surface area contributed by atoms with Crippen LogP contribution in [0.25, 0.3) is 0 Å². The SMILES string of the molecule is CC(N)CCCC(C)C(=O)N1CCS(=O)(=O)CC1. The van der Waals surface area contributed by atoms with E-state index in [-0.39, 0.29) is 29.4 Å². The summed E-state index contributed by atoms with van der Waals surface area (Å²) in [7, 11) is -2.91. The maximum Gasteiger partial charge on any atom is 0.225 e. The molecule has 2 unspecified atom stereocenters. The van der Waals surface area contributed by atoms with Gasteiger partial charge in [0.25, 0.3) is 0 Å². The number of carbonyl (C=O) groups is 1. The second-order valence-corrected chi connectivity index (χ2v) is 7.59. The zero-order chi connectivity index (χ0) is 13.8. The second-order valence-electron chi connectivity index (χ2n) is 5.29. The number of rotatable bonds is 5. The van der Waals surface area contributed by atoms with Gasteiger partial charge in [0, 0.05) is 25.0 Å². The van der Waals surface area contributed by atoms with Gasteiger partial charge in [0.15, 0.2) is 9.84 Å². The van der Waals surface area contributed by atoms with Crippen LogP contribution in [-0.2, 0) is 14.6 Å². The lowest BCUT2D eigenvalue weighted by atomic mass is 10.0. The van der Waals surface area contributed by atoms with Gasteiger partial charge in [-0.05, 0) is 19.8 Å². The van der Waals surface area contributed by atoms with Crippen LogP contribution >= 0.6 is 0 Å². The zero-order valence-electron chi connectivity index (χ0n) is 11.3. The first kappa shape index (κ1) is 15.4. The van der Waals surface area contributed by atoms with Crippen molar-refractivity contribution in [2.75, 3.05) is 24.6 Å². The third kappa shape index (κ3) is 4.94. The predicted molar refractivity (Wildman–Crippen MR) is 71.9 cm³/mol. The van der Waals surface area contributed by atoms with Gasteiger partial charge in [-0.25, -0.2) is 8.42 Å². The molecule has 1 aliphatic heterocycles. The van der Waals surface area contributed by atoms with Crippen LogP contribution in [0.15, 0.2) is 0 Å². The number of nitrogens with zero attached hydrogens (tertiary/aromatic N) is 1. The molecule has 6 heteroatoms. The van der Waals surface area contributed by atoms with Gasteiger partial charge < -0.3 is 10.6 Å². The lowest BCUT2D eigenvalue weighted by Crippen LogP contribution is -2.45. The normalized spacial score (nSPS) is 22.5. The Kier molecular flexibility index (Phi) is 5.59. The van der Waals surface area contributed by atoms with Gasteiger partial charge in [-0.15, -0.1) is 0 Å². The molecule has 1 aliphatic rings. The molecule has 5 nitrogen and oxygen atoms in total. The van der Waals surface area contributed by atoms with E-state index in [2.05, 4.69) is 0 Å². The van der Waals surface area contributed by atoms with Crippen molar-refractivity contribution in [2.45, 2.75) is 39.2 Å². The summed E-state index contributed by atoms with van der Waals surface area (Å²) in [5.41, 5.74) is 5.67. The molecule has 0 radical (unpaired) electrons. The summed E-state index contributed by atoms with van der Waals surface area (Å²) in [5, 5.41) is 0. The van der Waals surface area contributed by atoms with E-state index in [4.69, 9.17) is 5.73 Å². The van der Waals surface area contributed by atoms with Crippen molar-refractivity contribution in [3.63, 3.8) is 0 Å². The summed E-state index contributed by atoms with van der Waals surface area (Å²) < 4.78 is 22.6. The van der Waals surface area contributed by atoms with Gasteiger partial charge in [-0.1, -0.05) is 13.3 Å². The summed E-state index contributed by atoms with van der Waals surface area (Å²) in [5.74, 6) is 0.246. The van der Waals surface area contributed by atoms with Crippen LogP contribution < -0.4 is 5.73 Å². The maximum atomic E-state index is 12.1. The van der Waals surface area contributed by atoms with Crippen LogP contribution in [0.2, 0.25) is 0 Å². The fraction of sp³-hybridized carbons (Fsp3) is 0.917. The number of hydrogen-bond donors (Lipinski definition) is 1. The molecular formula is C12H24N2O3S. The van der Waals surface area contributed by atoms with Crippen LogP contribution in [0.1, 0.15) is 33.1 Å². The topological polar surface area (TPSA) is 80.5 Å². The average Bonchev–Trinajstić information content (AvgIpc) is 2.27. The fourth-order valence-corrected chi connectivity index (χ4v) is 3.32. The summed E-state index contributed by atoms with van der Waals surface area (Å²) in [6, 6.07) is 0.174. The van der Waals surface area contributed by atoms with E-state index in [9.17, 15) is 13.2 Å². The van der Waals surface area contributed by atoms with Crippen molar-refractivity contribution in [3.05, 3.63) is 0 Å². The molecular weight excluding hydrogens is 252 g/mol. The smallest absolute Gasteiger partial charge is 0.225 e. The van der Waals surface area contributed by atoms with Crippen molar-refractivity contribution in [1.29, 1.82) is 0 Å². The van der Waals surface area contributed by atoms with Gasteiger partial charge in [0.05, 0.1) is 11.5 Å². The highest BCUT2D eigenvalue weighted by atomic mass is 32.2. The summed E-state index contributed by atoms with van der Waals surface area (Å²) in [6.45, 7) is 4.56. The minimum Gasteiger partial charge on any atom is -0.340 e. The van der Waals surface area contributed by atoms with Crippen molar-refractivity contribution in [2.24, 2.45) is 11.7 Å². The van der Waals surface area contributed by atoms with Crippen molar-refractivity contribution in [1.82, 2.24) is 4.90 Å². The largest absolute Gasteiger partial charge is 0.340 e. The van der Waals surface area contributed by atoms with E-state index >= 15 is 0 Å². The lowest BCUT2D eigenvalue weighted by molar-refractivity contribution is -0.134. The minimum absolute atomic E-state index is 0.0374. The third-order valence-corrected chi connectivity index (χ3v) is 4.98. The predicted octanol–water partition coefficient (Wildman–Crippen LogP) is 0.397. The van der Waals surface area contributed by atoms with E-state index in [0.717, 1.165) is 19.3 Å². The fourth-order valence-electron chi connectivity index (χ4n) is 2.11. The first-order valence-corrected chi connectivity index (χ1v) is 8.39. The second kappa shape index (κ2) is 6.52. The highest BCUT2D eigenvalue weighted by Gasteiger charge is 2.27. The van der Waals surface area contributed by atoms with Crippen molar-refractivity contribution >= 4 is 15.7 Å². The van der Waals surface area contributed by atoms with Gasteiger partial charge >= 0.3 is 0 Å². The van der Waals surface area contributed by atoms with Gasteiger partial charge in [-0.3, -0.25) is 4.79 Å². The number of sulfone groups is 1. The highest BCUT2D eigenvalue weighted by molar-refractivity contribution is 7.91. The number of carbonyl (C=O) groups excluding carboxylic acids is 1. The Labute approximate surface area is 110 Å². The molecule has 1 heterocycles. The molecule has 2 atom stereocenters. The molecule has 0 aromatic carbocycles. The number of hydrogen-bond acceptors (Lipinski definition) is 4. The minimum atomic E-state index is -2.91. The van der Waals surface area contributed by atoms with Crippen LogP contribution in [0.4, 0.5) is 0 Å². The van der Waals surface area contributed by atoms with E-state index in [1.54, 1.807) is 4.90 Å². The van der Waals surface area contributed by atoms with Crippen LogP contribution in [0, 0.1) is 5.92 Å². The molecule has 106 valence electrons. The molecule has 18 heavy (non-hydrogen) atoms. The van der Waals surface area contributed by atoms with Crippen LogP contribution in [-0.4, -0.2) is 49.9 Å². The van der Waals surface area contributed by atoms with E-state index in [1.807, 2.05) is 13.8 Å². The molecule has 0 aromatic rings. The molecule has 2 N–H and O–H groups in total. The molecule has 0 aliphatic carbocycles. The van der Waals surface area contributed by atoms with E-state index in [0.29, 0.717) is 13.1 Å². The molecule has 0 aromatic heterocycles. The molecule has 1 amide bonds. The Bertz CT molecular complexity index is 365. The van der Waals surface area contributed by atoms with Crippen LogP contribution in [0.5, 0.6) is 0 Å². The molecule has 0 saturated carbocycles. The molecule has 0 bridgehead atoms. The quantitative estimate of drug-likeness (QED) is 0.788. The van der Waals surface area contributed by atoms with Gasteiger partial charge in [0.2, 0.25) is 5.91 Å². The highest BCUT2D eigenvalue weighted by Crippen LogP contribution is 2.14. The Morgan fingerprint density at radius 3 is 2.28 bits per heavy atom. The maximum absolute atomic E-state index is 12.1. The lowest BCUT2D eigenvalue weighted by Gasteiger charge is -2.29. The Hall–Kier alpha value is -0.620. The van der Waals surface area contributed by atoms with Crippen molar-refractivity contribution < 1.29 is 13.2 Å². The number of nitrogens with two attached hydrogens (primary N) is 1. The summed E-state index contributed by atoms with van der Waals surface area (Å²) in [6.07, 6.45) is 2.69.